The fourth-order valence-corrected chi connectivity index (χ4v) is 6.36. The van der Waals surface area contributed by atoms with E-state index in [4.69, 9.17) is 9.72 Å². The second-order valence-electron chi connectivity index (χ2n) is 16.8. The molecule has 0 saturated heterocycles. The summed E-state index contributed by atoms with van der Waals surface area (Å²) in [4.78, 5) is 51.3. The first-order chi connectivity index (χ1) is 25.3. The van der Waals surface area contributed by atoms with Gasteiger partial charge in [-0.05, 0) is 30.3 Å². The van der Waals surface area contributed by atoms with E-state index in [1.165, 1.54) is 0 Å². The van der Waals surface area contributed by atoms with Gasteiger partial charge in [0.1, 0.15) is 17.8 Å². The lowest BCUT2D eigenvalue weighted by Crippen LogP contribution is -2.22. The minimum absolute atomic E-state index is 0.0483. The molecule has 0 aliphatic carbocycles. The van der Waals surface area contributed by atoms with Gasteiger partial charge in [-0.25, -0.2) is 19.9 Å². The number of nitrogens with one attached hydrogen (secondary N) is 1. The normalized spacial score (nSPS) is 12.1. The molecule has 11 nitrogen and oxygen atoms in total. The van der Waals surface area contributed by atoms with Crippen LogP contribution in [-0.2, 0) is 11.5 Å². The highest BCUT2D eigenvalue weighted by Crippen LogP contribution is 2.30. The Morgan fingerprint density at radius 3 is 1.76 bits per heavy atom. The van der Waals surface area contributed by atoms with Crippen molar-refractivity contribution in [3.63, 3.8) is 0 Å². The van der Waals surface area contributed by atoms with Crippen molar-refractivity contribution < 1.29 is 14.3 Å². The first kappa shape index (κ1) is 40.0. The SMILES string of the molecule is CN(c1ccccc1)c1cnc2[nH]cc(C(=O)C(C)(C)C)c2n1.CN(c1ccccc1)c1cnc2c(n1)c(C(=O)C(C)(C)C)cn2COCC[Si](C)(C)C. The molecule has 0 radical (unpaired) electrons. The van der Waals surface area contributed by atoms with Crippen LogP contribution >= 0.6 is 0 Å². The first-order valence-corrected chi connectivity index (χ1v) is 22.0. The number of H-pyrrole nitrogens is 1. The number of aromatic amines is 1. The third-order valence-electron chi connectivity index (χ3n) is 8.97. The predicted molar refractivity (Wildman–Crippen MR) is 222 cm³/mol. The third kappa shape index (κ3) is 9.47. The van der Waals surface area contributed by atoms with Crippen molar-refractivity contribution in [2.24, 2.45) is 10.8 Å². The summed E-state index contributed by atoms with van der Waals surface area (Å²) in [6.45, 7) is 19.6. The Kier molecular flexibility index (Phi) is 11.9. The maximum atomic E-state index is 13.2. The van der Waals surface area contributed by atoms with E-state index >= 15 is 0 Å². The van der Waals surface area contributed by atoms with Gasteiger partial charge < -0.3 is 24.1 Å². The van der Waals surface area contributed by atoms with E-state index in [1.807, 2.05) is 137 Å². The topological polar surface area (TPSA) is 122 Å². The summed E-state index contributed by atoms with van der Waals surface area (Å²) in [7, 11) is 2.72. The highest BCUT2D eigenvalue weighted by Gasteiger charge is 2.29. The lowest BCUT2D eigenvalue weighted by Gasteiger charge is -2.18. The number of hydrogen-bond donors (Lipinski definition) is 1. The average Bonchev–Trinajstić information content (AvgIpc) is 3.72. The standard InChI is InChI=1S/C24H34N4O2Si.C18H20N4O/c1-24(2,3)22(29)19-16-28(17-30-13-14-31(5,6)7)23-21(19)26-20(15-25-23)27(4)18-11-9-8-10-12-18;1-18(2,3)16(23)13-10-19-17-15(13)21-14(11-20-17)22(4)12-8-6-5-7-9-12/h8-12,15-16H,13-14,17H2,1-7H3;5-11H,1-4H3,(H,19,20). The first-order valence-electron chi connectivity index (χ1n) is 18.3. The van der Waals surface area contributed by atoms with Crippen LogP contribution in [0, 0.1) is 10.8 Å². The van der Waals surface area contributed by atoms with Gasteiger partial charge >= 0.3 is 0 Å². The zero-order chi connectivity index (χ0) is 39.4. The molecule has 0 spiro atoms. The number of rotatable bonds is 11. The Balaban J connectivity index is 0.000000217. The zero-order valence-electron chi connectivity index (χ0n) is 33.6. The summed E-state index contributed by atoms with van der Waals surface area (Å²) in [6.07, 6.45) is 7.00. The number of aromatic nitrogens is 6. The lowest BCUT2D eigenvalue weighted by atomic mass is 9.87. The van der Waals surface area contributed by atoms with E-state index in [2.05, 4.69) is 39.6 Å². The Bertz CT molecular complexity index is 2210. The lowest BCUT2D eigenvalue weighted by molar-refractivity contribution is 0.0846. The minimum atomic E-state index is -1.16. The fraction of sp³-hybridized carbons (Fsp3) is 0.381. The molecule has 2 aromatic carbocycles. The highest BCUT2D eigenvalue weighted by atomic mass is 28.3. The number of Topliss-reactive ketones (excluding diaryl/α,β-unsaturated/α-hetero) is 2. The van der Waals surface area contributed by atoms with Crippen molar-refractivity contribution in [1.29, 1.82) is 0 Å². The molecule has 0 saturated carbocycles. The quantitative estimate of drug-likeness (QED) is 0.0784. The molecule has 0 amide bonds. The number of nitrogens with zero attached hydrogens (tertiary/aromatic N) is 7. The van der Waals surface area contributed by atoms with Gasteiger partial charge in [0.15, 0.2) is 34.5 Å². The molecule has 4 heterocycles. The second-order valence-corrected chi connectivity index (χ2v) is 22.5. The van der Waals surface area contributed by atoms with E-state index < -0.39 is 18.9 Å². The maximum Gasteiger partial charge on any atom is 0.171 e. The molecule has 0 aliphatic heterocycles. The Morgan fingerprint density at radius 2 is 1.24 bits per heavy atom. The highest BCUT2D eigenvalue weighted by molar-refractivity contribution is 6.76. The number of ether oxygens (including phenoxy) is 1. The number of ketones is 2. The number of benzene rings is 2. The Hall–Kier alpha value is -5.20. The molecular weight excluding hydrogens is 693 g/mol. The van der Waals surface area contributed by atoms with Crippen molar-refractivity contribution >= 4 is 65.0 Å². The minimum Gasteiger partial charge on any atom is -0.361 e. The van der Waals surface area contributed by atoms with Crippen LogP contribution in [0.2, 0.25) is 25.7 Å². The molecule has 0 bridgehead atoms. The van der Waals surface area contributed by atoms with Gasteiger partial charge in [-0.3, -0.25) is 9.59 Å². The molecule has 1 N–H and O–H groups in total. The number of anilines is 4. The average molecular weight is 747 g/mol. The Labute approximate surface area is 319 Å². The summed E-state index contributed by atoms with van der Waals surface area (Å²) in [6, 6.07) is 21.0. The van der Waals surface area contributed by atoms with Crippen molar-refractivity contribution in [3.05, 3.63) is 96.6 Å². The van der Waals surface area contributed by atoms with Crippen LogP contribution < -0.4 is 9.80 Å². The van der Waals surface area contributed by atoms with Crippen LogP contribution in [0.4, 0.5) is 23.0 Å². The van der Waals surface area contributed by atoms with Crippen LogP contribution in [-0.4, -0.2) is 69.8 Å². The number of carbonyl (C=O) groups excluding carboxylic acids is 2. The summed E-state index contributed by atoms with van der Waals surface area (Å²) in [5.74, 6) is 1.50. The van der Waals surface area contributed by atoms with Crippen LogP contribution in [0.25, 0.3) is 22.3 Å². The maximum absolute atomic E-state index is 13.2. The summed E-state index contributed by atoms with van der Waals surface area (Å²) in [5.41, 5.74) is 4.76. The van der Waals surface area contributed by atoms with Gasteiger partial charge in [-0.15, -0.1) is 0 Å². The molecule has 6 aromatic rings. The van der Waals surface area contributed by atoms with Gasteiger partial charge in [-0.1, -0.05) is 97.6 Å². The van der Waals surface area contributed by atoms with E-state index in [0.29, 0.717) is 58.4 Å². The van der Waals surface area contributed by atoms with Gasteiger partial charge in [-0.2, -0.15) is 0 Å². The van der Waals surface area contributed by atoms with Crippen molar-refractivity contribution in [3.8, 4) is 0 Å². The molecule has 0 aliphatic rings. The van der Waals surface area contributed by atoms with Crippen LogP contribution in [0.5, 0.6) is 0 Å². The molecule has 284 valence electrons. The molecule has 0 unspecified atom stereocenters. The van der Waals surface area contributed by atoms with Gasteiger partial charge in [0.05, 0.1) is 23.5 Å². The molecular formula is C42H54N8O3Si. The fourth-order valence-electron chi connectivity index (χ4n) is 5.60. The smallest absolute Gasteiger partial charge is 0.171 e. The number of fused-ring (bicyclic) bond motifs is 2. The molecule has 6 rings (SSSR count). The molecule has 54 heavy (non-hydrogen) atoms. The number of hydrogen-bond acceptors (Lipinski definition) is 9. The van der Waals surface area contributed by atoms with Crippen molar-refractivity contribution in [2.75, 3.05) is 30.5 Å². The van der Waals surface area contributed by atoms with E-state index in [1.54, 1.807) is 18.6 Å². The molecule has 4 aromatic heterocycles. The largest absolute Gasteiger partial charge is 0.361 e. The van der Waals surface area contributed by atoms with E-state index in [0.717, 1.165) is 17.4 Å². The second kappa shape index (κ2) is 16.0. The zero-order valence-corrected chi connectivity index (χ0v) is 34.6. The Morgan fingerprint density at radius 1 is 0.741 bits per heavy atom. The summed E-state index contributed by atoms with van der Waals surface area (Å²) < 4.78 is 7.84. The van der Waals surface area contributed by atoms with Gasteiger partial charge in [0.25, 0.3) is 0 Å². The van der Waals surface area contributed by atoms with Gasteiger partial charge in [0.2, 0.25) is 0 Å². The third-order valence-corrected chi connectivity index (χ3v) is 10.7. The molecule has 0 fully saturated rings. The summed E-state index contributed by atoms with van der Waals surface area (Å²) in [5, 5.41) is 0. The predicted octanol–water partition coefficient (Wildman–Crippen LogP) is 9.69. The van der Waals surface area contributed by atoms with Crippen molar-refractivity contribution in [2.45, 2.75) is 74.0 Å². The van der Waals surface area contributed by atoms with E-state index in [-0.39, 0.29) is 11.6 Å². The monoisotopic (exact) mass is 746 g/mol. The van der Waals surface area contributed by atoms with Crippen LogP contribution in [0.1, 0.15) is 62.3 Å². The van der Waals surface area contributed by atoms with Crippen LogP contribution in [0.3, 0.4) is 0 Å². The summed E-state index contributed by atoms with van der Waals surface area (Å²) >= 11 is 0. The van der Waals surface area contributed by atoms with Gasteiger partial charge in [0, 0.05) is 63.4 Å². The number of para-hydroxylation sites is 2. The van der Waals surface area contributed by atoms with Crippen molar-refractivity contribution in [1.82, 2.24) is 29.5 Å². The van der Waals surface area contributed by atoms with E-state index in [9.17, 15) is 9.59 Å². The number of carbonyl (C=O) groups is 2. The molecule has 12 heteroatoms. The van der Waals surface area contributed by atoms with Crippen LogP contribution in [0.15, 0.2) is 85.5 Å². The molecule has 0 atom stereocenters.